The first-order chi connectivity index (χ1) is 12.3. The molecular weight excluding hydrogens is 334 g/mol. The van der Waals surface area contributed by atoms with Crippen molar-refractivity contribution in [2.24, 2.45) is 0 Å². The summed E-state index contributed by atoms with van der Waals surface area (Å²) in [6.45, 7) is 3.33. The smallest absolute Gasteiger partial charge is 0.231 e. The first-order valence-electron chi connectivity index (χ1n) is 8.50. The quantitative estimate of drug-likeness (QED) is 0.779. The summed E-state index contributed by atoms with van der Waals surface area (Å²) in [6, 6.07) is 14.1. The number of halogens is 1. The standard InChI is InChI=1S/C21H20ClNO2/c22-19-6-3-18(4-7-19)14-23-11-9-16(10-12-23)1-2-17-5-8-20-21(13-17)25-15-24-20/h1-9,13H,10-12,14-15H2. The van der Waals surface area contributed by atoms with Crippen LogP contribution in [0.4, 0.5) is 0 Å². The van der Waals surface area contributed by atoms with Crippen LogP contribution in [-0.4, -0.2) is 24.8 Å². The van der Waals surface area contributed by atoms with Gasteiger partial charge in [0, 0.05) is 24.7 Å². The second-order valence-electron chi connectivity index (χ2n) is 6.34. The van der Waals surface area contributed by atoms with Gasteiger partial charge in [-0.2, -0.15) is 0 Å². The molecule has 2 aromatic carbocycles. The minimum atomic E-state index is 0.317. The molecule has 0 N–H and O–H groups in total. The van der Waals surface area contributed by atoms with Gasteiger partial charge in [-0.1, -0.05) is 48.0 Å². The summed E-state index contributed by atoms with van der Waals surface area (Å²) in [5.41, 5.74) is 3.82. The molecule has 0 unspecified atom stereocenters. The Kier molecular flexibility index (Phi) is 4.77. The van der Waals surface area contributed by atoms with Gasteiger partial charge in [-0.25, -0.2) is 0 Å². The Balaban J connectivity index is 1.35. The molecule has 4 heteroatoms. The SMILES string of the molecule is Clc1ccc(CN2CC=C(C=Cc3ccc4c(c3)OCO4)CC2)cc1. The normalized spacial score (nSPS) is 17.1. The van der Waals surface area contributed by atoms with Crippen LogP contribution in [0.1, 0.15) is 17.5 Å². The average Bonchev–Trinajstić information content (AvgIpc) is 3.11. The second-order valence-corrected chi connectivity index (χ2v) is 6.77. The molecule has 128 valence electrons. The van der Waals surface area contributed by atoms with Gasteiger partial charge in [0.15, 0.2) is 11.5 Å². The van der Waals surface area contributed by atoms with Gasteiger partial charge in [0.05, 0.1) is 0 Å². The zero-order chi connectivity index (χ0) is 17.1. The summed E-state index contributed by atoms with van der Waals surface area (Å²) in [7, 11) is 0. The third kappa shape index (κ3) is 4.06. The fraction of sp³-hybridized carbons (Fsp3) is 0.238. The Morgan fingerprint density at radius 1 is 1.00 bits per heavy atom. The van der Waals surface area contributed by atoms with Crippen molar-refractivity contribution in [3.05, 3.63) is 76.3 Å². The van der Waals surface area contributed by atoms with Crippen LogP contribution >= 0.6 is 11.6 Å². The lowest BCUT2D eigenvalue weighted by molar-refractivity contribution is 0.174. The van der Waals surface area contributed by atoms with Crippen molar-refractivity contribution in [1.82, 2.24) is 4.90 Å². The number of hydrogen-bond donors (Lipinski definition) is 0. The van der Waals surface area contributed by atoms with Crippen LogP contribution in [0.5, 0.6) is 11.5 Å². The first-order valence-corrected chi connectivity index (χ1v) is 8.88. The first kappa shape index (κ1) is 16.2. The lowest BCUT2D eigenvalue weighted by atomic mass is 10.1. The molecule has 0 aromatic heterocycles. The molecule has 2 heterocycles. The van der Waals surface area contributed by atoms with Crippen molar-refractivity contribution in [2.45, 2.75) is 13.0 Å². The van der Waals surface area contributed by atoms with E-state index in [9.17, 15) is 0 Å². The lowest BCUT2D eigenvalue weighted by Gasteiger charge is -2.25. The molecule has 25 heavy (non-hydrogen) atoms. The van der Waals surface area contributed by atoms with Gasteiger partial charge in [-0.3, -0.25) is 4.90 Å². The zero-order valence-electron chi connectivity index (χ0n) is 14.0. The summed E-state index contributed by atoms with van der Waals surface area (Å²) >= 11 is 5.94. The van der Waals surface area contributed by atoms with E-state index in [1.165, 1.54) is 11.1 Å². The molecule has 0 saturated carbocycles. The van der Waals surface area contributed by atoms with E-state index in [0.717, 1.165) is 48.1 Å². The molecule has 0 radical (unpaired) electrons. The van der Waals surface area contributed by atoms with Gasteiger partial charge in [0.2, 0.25) is 6.79 Å². The molecule has 0 fully saturated rings. The number of nitrogens with zero attached hydrogens (tertiary/aromatic N) is 1. The van der Waals surface area contributed by atoms with Gasteiger partial charge in [-0.05, 0) is 47.4 Å². The van der Waals surface area contributed by atoms with E-state index >= 15 is 0 Å². The van der Waals surface area contributed by atoms with Crippen molar-refractivity contribution in [3.63, 3.8) is 0 Å². The van der Waals surface area contributed by atoms with Gasteiger partial charge < -0.3 is 9.47 Å². The number of hydrogen-bond acceptors (Lipinski definition) is 3. The van der Waals surface area contributed by atoms with Crippen LogP contribution in [0.3, 0.4) is 0 Å². The van der Waals surface area contributed by atoms with Crippen LogP contribution in [0, 0.1) is 0 Å². The van der Waals surface area contributed by atoms with Crippen molar-refractivity contribution in [1.29, 1.82) is 0 Å². The summed E-state index contributed by atoms with van der Waals surface area (Å²) in [4.78, 5) is 2.45. The Bertz CT molecular complexity index is 811. The maximum Gasteiger partial charge on any atom is 0.231 e. The topological polar surface area (TPSA) is 21.7 Å². The maximum atomic E-state index is 5.94. The van der Waals surface area contributed by atoms with E-state index in [-0.39, 0.29) is 0 Å². The van der Waals surface area contributed by atoms with Crippen LogP contribution < -0.4 is 9.47 Å². The average molecular weight is 354 g/mol. The number of fused-ring (bicyclic) bond motifs is 1. The Labute approximate surface area is 153 Å². The zero-order valence-corrected chi connectivity index (χ0v) is 14.7. The van der Waals surface area contributed by atoms with Gasteiger partial charge in [-0.15, -0.1) is 0 Å². The highest BCUT2D eigenvalue weighted by Crippen LogP contribution is 2.33. The summed E-state index contributed by atoms with van der Waals surface area (Å²) in [5, 5.41) is 0.790. The van der Waals surface area contributed by atoms with Gasteiger partial charge in [0.25, 0.3) is 0 Å². The van der Waals surface area contributed by atoms with Crippen molar-refractivity contribution >= 4 is 17.7 Å². The van der Waals surface area contributed by atoms with E-state index in [1.807, 2.05) is 24.3 Å². The minimum absolute atomic E-state index is 0.317. The summed E-state index contributed by atoms with van der Waals surface area (Å²) in [5.74, 6) is 1.65. The van der Waals surface area contributed by atoms with E-state index in [0.29, 0.717) is 6.79 Å². The lowest BCUT2D eigenvalue weighted by Crippen LogP contribution is -2.27. The van der Waals surface area contributed by atoms with Crippen molar-refractivity contribution in [2.75, 3.05) is 19.9 Å². The predicted molar refractivity (Wildman–Crippen MR) is 101 cm³/mol. The summed E-state index contributed by atoms with van der Waals surface area (Å²) in [6.07, 6.45) is 7.72. The summed E-state index contributed by atoms with van der Waals surface area (Å²) < 4.78 is 10.8. The molecule has 2 aromatic rings. The van der Waals surface area contributed by atoms with E-state index in [1.54, 1.807) is 0 Å². The number of benzene rings is 2. The largest absolute Gasteiger partial charge is 0.454 e. The number of rotatable bonds is 4. The highest BCUT2D eigenvalue weighted by Gasteiger charge is 2.13. The van der Waals surface area contributed by atoms with Gasteiger partial charge in [0.1, 0.15) is 0 Å². The molecule has 2 aliphatic rings. The molecule has 2 aliphatic heterocycles. The number of ether oxygens (including phenoxy) is 2. The second kappa shape index (κ2) is 7.34. The molecule has 0 aliphatic carbocycles. The fourth-order valence-corrected chi connectivity index (χ4v) is 3.22. The Morgan fingerprint density at radius 3 is 2.64 bits per heavy atom. The van der Waals surface area contributed by atoms with Crippen LogP contribution in [0.15, 0.2) is 60.2 Å². The van der Waals surface area contributed by atoms with Gasteiger partial charge >= 0.3 is 0 Å². The molecule has 4 rings (SSSR count). The highest BCUT2D eigenvalue weighted by molar-refractivity contribution is 6.30. The number of allylic oxidation sites excluding steroid dienone is 1. The fourth-order valence-electron chi connectivity index (χ4n) is 3.09. The van der Waals surface area contributed by atoms with Crippen molar-refractivity contribution in [3.8, 4) is 11.5 Å². The van der Waals surface area contributed by atoms with E-state index < -0.39 is 0 Å². The van der Waals surface area contributed by atoms with E-state index in [4.69, 9.17) is 21.1 Å². The van der Waals surface area contributed by atoms with E-state index in [2.05, 4.69) is 41.3 Å². The molecule has 0 bridgehead atoms. The van der Waals surface area contributed by atoms with Crippen LogP contribution in [0.25, 0.3) is 6.08 Å². The third-order valence-electron chi connectivity index (χ3n) is 4.53. The van der Waals surface area contributed by atoms with Crippen LogP contribution in [0.2, 0.25) is 5.02 Å². The Hall–Kier alpha value is -2.23. The predicted octanol–water partition coefficient (Wildman–Crippen LogP) is 4.91. The Morgan fingerprint density at radius 2 is 1.84 bits per heavy atom. The molecule has 0 spiro atoms. The third-order valence-corrected chi connectivity index (χ3v) is 4.79. The maximum absolute atomic E-state index is 5.94. The molecule has 0 saturated heterocycles. The molecule has 0 atom stereocenters. The molecule has 3 nitrogen and oxygen atoms in total. The molecular formula is C21H20ClNO2. The monoisotopic (exact) mass is 353 g/mol. The minimum Gasteiger partial charge on any atom is -0.454 e. The molecule has 0 amide bonds. The van der Waals surface area contributed by atoms with Crippen molar-refractivity contribution < 1.29 is 9.47 Å². The highest BCUT2D eigenvalue weighted by atomic mass is 35.5. The van der Waals surface area contributed by atoms with Crippen LogP contribution in [-0.2, 0) is 6.54 Å².